The second-order valence-corrected chi connectivity index (χ2v) is 17.8. The molecule has 228 valence electrons. The summed E-state index contributed by atoms with van der Waals surface area (Å²) in [5, 5.41) is 19.6. The summed E-state index contributed by atoms with van der Waals surface area (Å²) in [6.45, 7) is 14.8. The van der Waals surface area contributed by atoms with Gasteiger partial charge in [0.25, 0.3) is 0 Å². The number of nitrogens with one attached hydrogen (secondary N) is 1. The first-order chi connectivity index (χ1) is 19.1. The van der Waals surface area contributed by atoms with Crippen molar-refractivity contribution >= 4 is 87.8 Å². The summed E-state index contributed by atoms with van der Waals surface area (Å²) in [6, 6.07) is 1.18. The van der Waals surface area contributed by atoms with E-state index in [1.807, 2.05) is 51.3 Å². The number of halogens is 3. The molecule has 0 saturated carbocycles. The maximum Gasteiger partial charge on any atom is 0.410 e. The fourth-order valence-electron chi connectivity index (χ4n) is 4.99. The lowest BCUT2D eigenvalue weighted by atomic mass is 9.88. The number of piperidine rings is 2. The van der Waals surface area contributed by atoms with Gasteiger partial charge in [-0.05, 0) is 102 Å². The molecule has 2 amide bonds. The van der Waals surface area contributed by atoms with E-state index < -0.39 is 5.60 Å². The minimum Gasteiger partial charge on any atom is -0.444 e. The first-order valence-corrected chi connectivity index (χ1v) is 17.2. The standard InChI is InChI=1S/C12H17BrN4O2S.C10H18N2O2.C2Br2N2S/c1-12(2,3)19-11(18)17-7-4-8(17)6-16(5-7)10-15-14-9(13)20-10;1-10(2,3)14-9(13)12-7-4-8(12)6-11-5-7;3-1-5-6-2(4)7-1/h7-8H,4-6H2,1-3H3;7-8,11H,4-6H2,1-3H3;. The number of nitrogens with zero attached hydrogens (tertiary/aromatic N) is 7. The van der Waals surface area contributed by atoms with Crippen molar-refractivity contribution in [1.29, 1.82) is 0 Å². The number of fused-ring (bicyclic) bond motifs is 4. The maximum absolute atomic E-state index is 12.2. The number of rotatable bonds is 1. The Kier molecular flexibility index (Phi) is 10.6. The summed E-state index contributed by atoms with van der Waals surface area (Å²) in [5.74, 6) is 0. The van der Waals surface area contributed by atoms with Crippen LogP contribution in [-0.2, 0) is 9.47 Å². The van der Waals surface area contributed by atoms with Gasteiger partial charge in [-0.2, -0.15) is 0 Å². The molecule has 4 bridgehead atoms. The number of anilines is 1. The molecule has 2 aromatic heterocycles. The topological polar surface area (TPSA) is 126 Å². The number of aromatic nitrogens is 4. The molecule has 6 aliphatic rings. The summed E-state index contributed by atoms with van der Waals surface area (Å²) in [4.78, 5) is 29.8. The highest BCUT2D eigenvalue weighted by atomic mass is 79.9. The lowest BCUT2D eigenvalue weighted by Crippen LogP contribution is -2.70. The molecule has 8 heterocycles. The van der Waals surface area contributed by atoms with E-state index in [4.69, 9.17) is 9.47 Å². The highest BCUT2D eigenvalue weighted by Gasteiger charge is 2.49. The molecule has 0 spiro atoms. The lowest BCUT2D eigenvalue weighted by Gasteiger charge is -2.55. The van der Waals surface area contributed by atoms with Gasteiger partial charge >= 0.3 is 12.2 Å². The molecule has 12 nitrogen and oxygen atoms in total. The number of hydrogen-bond acceptors (Lipinski definition) is 12. The third-order valence-electron chi connectivity index (χ3n) is 6.53. The summed E-state index contributed by atoms with van der Waals surface area (Å²) >= 11 is 12.6. The van der Waals surface area contributed by atoms with Crippen LogP contribution in [0.25, 0.3) is 0 Å². The van der Waals surface area contributed by atoms with Gasteiger partial charge in [0.05, 0.1) is 12.1 Å². The van der Waals surface area contributed by atoms with Crippen LogP contribution in [0.15, 0.2) is 11.8 Å². The number of hydrogen-bond donors (Lipinski definition) is 1. The summed E-state index contributed by atoms with van der Waals surface area (Å²) in [6.07, 6.45) is 1.83. The Bertz CT molecular complexity index is 1180. The van der Waals surface area contributed by atoms with Gasteiger partial charge in [-0.1, -0.05) is 22.7 Å². The van der Waals surface area contributed by atoms with Crippen molar-refractivity contribution in [3.63, 3.8) is 0 Å². The number of ether oxygens (including phenoxy) is 2. The molecule has 0 radical (unpaired) electrons. The monoisotopic (exact) mass is 800 g/mol. The fourth-order valence-corrected chi connectivity index (χ4v) is 8.13. The number of amides is 2. The first-order valence-electron chi connectivity index (χ1n) is 13.2. The Labute approximate surface area is 273 Å². The third kappa shape index (κ3) is 8.94. The number of piperazine rings is 2. The Balaban J connectivity index is 0.000000159. The van der Waals surface area contributed by atoms with E-state index >= 15 is 0 Å². The van der Waals surface area contributed by atoms with Gasteiger partial charge in [0.2, 0.25) is 5.13 Å². The van der Waals surface area contributed by atoms with Crippen molar-refractivity contribution in [2.45, 2.75) is 89.8 Å². The van der Waals surface area contributed by atoms with Crippen LogP contribution in [0.5, 0.6) is 0 Å². The SMILES string of the molecule is Brc1nnc(Br)s1.CC(C)(C)OC(=O)N1C2CC1CN(c1nnc(Br)s1)C2.CC(C)(C)OC(=O)N1C2CNCC1C2. The zero-order valence-corrected chi connectivity index (χ0v) is 30.2. The maximum atomic E-state index is 12.2. The van der Waals surface area contributed by atoms with Crippen molar-refractivity contribution in [1.82, 2.24) is 35.5 Å². The van der Waals surface area contributed by atoms with Crippen molar-refractivity contribution in [2.24, 2.45) is 0 Å². The molecule has 8 rings (SSSR count). The van der Waals surface area contributed by atoms with Gasteiger partial charge in [0.1, 0.15) is 11.2 Å². The third-order valence-corrected chi connectivity index (χ3v) is 9.73. The van der Waals surface area contributed by atoms with E-state index in [2.05, 4.69) is 78.4 Å². The molecule has 6 saturated heterocycles. The van der Waals surface area contributed by atoms with Crippen LogP contribution in [0.3, 0.4) is 0 Å². The van der Waals surface area contributed by atoms with E-state index in [9.17, 15) is 9.59 Å². The minimum absolute atomic E-state index is 0.153. The van der Waals surface area contributed by atoms with E-state index in [1.165, 1.54) is 22.7 Å². The average Bonchev–Trinajstić information content (AvgIpc) is 3.44. The van der Waals surface area contributed by atoms with Crippen LogP contribution in [0, 0.1) is 0 Å². The Morgan fingerprint density at radius 2 is 1.15 bits per heavy atom. The van der Waals surface area contributed by atoms with Crippen LogP contribution in [0.1, 0.15) is 54.4 Å². The molecule has 6 fully saturated rings. The molecule has 6 aliphatic heterocycles. The van der Waals surface area contributed by atoms with Crippen molar-refractivity contribution in [3.8, 4) is 0 Å². The highest BCUT2D eigenvalue weighted by molar-refractivity contribution is 9.12. The van der Waals surface area contributed by atoms with Crippen LogP contribution in [0.4, 0.5) is 14.7 Å². The van der Waals surface area contributed by atoms with E-state index in [-0.39, 0.29) is 29.9 Å². The number of carbonyl (C=O) groups excluding carboxylic acids is 2. The van der Waals surface area contributed by atoms with Crippen molar-refractivity contribution < 1.29 is 19.1 Å². The summed E-state index contributed by atoms with van der Waals surface area (Å²) in [7, 11) is 0. The molecule has 17 heteroatoms. The quantitative estimate of drug-likeness (QED) is 0.394. The van der Waals surface area contributed by atoms with E-state index in [0.717, 1.165) is 55.9 Å². The molecule has 41 heavy (non-hydrogen) atoms. The fraction of sp³-hybridized carbons (Fsp3) is 0.750. The highest BCUT2D eigenvalue weighted by Crippen LogP contribution is 2.37. The number of carbonyl (C=O) groups is 2. The van der Waals surface area contributed by atoms with Gasteiger partial charge in [-0.25, -0.2) is 9.59 Å². The van der Waals surface area contributed by atoms with Crippen molar-refractivity contribution in [2.75, 3.05) is 31.1 Å². The molecular formula is C24H35Br3N8O4S2. The molecule has 4 unspecified atom stereocenters. The normalized spacial score (nSPS) is 24.6. The average molecular weight is 803 g/mol. The summed E-state index contributed by atoms with van der Waals surface area (Å²) < 4.78 is 13.2. The summed E-state index contributed by atoms with van der Waals surface area (Å²) in [5.41, 5.74) is -0.820. The van der Waals surface area contributed by atoms with E-state index in [0.29, 0.717) is 12.1 Å². The zero-order valence-electron chi connectivity index (χ0n) is 23.8. The largest absolute Gasteiger partial charge is 0.444 e. The second kappa shape index (κ2) is 13.2. The minimum atomic E-state index is -0.440. The molecular weight excluding hydrogens is 768 g/mol. The molecule has 4 atom stereocenters. The smallest absolute Gasteiger partial charge is 0.410 e. The molecule has 2 aromatic rings. The Morgan fingerprint density at radius 3 is 1.51 bits per heavy atom. The van der Waals surface area contributed by atoms with Crippen LogP contribution in [-0.4, -0.2) is 104 Å². The van der Waals surface area contributed by atoms with Crippen LogP contribution in [0.2, 0.25) is 0 Å². The van der Waals surface area contributed by atoms with Gasteiger partial charge in [-0.3, -0.25) is 9.80 Å². The second-order valence-electron chi connectivity index (χ2n) is 12.1. The molecule has 0 aromatic carbocycles. The van der Waals surface area contributed by atoms with Gasteiger partial charge < -0.3 is 19.7 Å². The van der Waals surface area contributed by atoms with Crippen molar-refractivity contribution in [3.05, 3.63) is 11.8 Å². The Morgan fingerprint density at radius 1 is 0.732 bits per heavy atom. The van der Waals surface area contributed by atoms with Gasteiger partial charge in [0.15, 0.2) is 11.8 Å². The predicted molar refractivity (Wildman–Crippen MR) is 169 cm³/mol. The molecule has 1 N–H and O–H groups in total. The Hall–Kier alpha value is -1.14. The first kappa shape index (κ1) is 32.8. The van der Waals surface area contributed by atoms with E-state index in [1.54, 1.807) is 0 Å². The van der Waals surface area contributed by atoms with Gasteiger partial charge in [0, 0.05) is 38.3 Å². The zero-order chi connectivity index (χ0) is 30.1. The van der Waals surface area contributed by atoms with Gasteiger partial charge in [-0.15, -0.1) is 20.4 Å². The van der Waals surface area contributed by atoms with Crippen LogP contribution < -0.4 is 10.2 Å². The van der Waals surface area contributed by atoms with Crippen LogP contribution >= 0.6 is 70.5 Å². The predicted octanol–water partition coefficient (Wildman–Crippen LogP) is 5.53. The lowest BCUT2D eigenvalue weighted by molar-refractivity contribution is -0.0440. The molecule has 0 aliphatic carbocycles.